The van der Waals surface area contributed by atoms with Crippen LogP contribution in [0.2, 0.25) is 0 Å². The molecule has 0 spiro atoms. The molecule has 0 saturated heterocycles. The van der Waals surface area contributed by atoms with Gasteiger partial charge in [0.2, 0.25) is 0 Å². The summed E-state index contributed by atoms with van der Waals surface area (Å²) in [6.07, 6.45) is 2.41. The van der Waals surface area contributed by atoms with Gasteiger partial charge in [0.15, 0.2) is 0 Å². The lowest BCUT2D eigenvalue weighted by Crippen LogP contribution is -2.11. The first-order valence-corrected chi connectivity index (χ1v) is 3.93. The van der Waals surface area contributed by atoms with E-state index < -0.39 is 0 Å². The van der Waals surface area contributed by atoms with Gasteiger partial charge in [-0.3, -0.25) is 9.59 Å². The monoisotopic (exact) mass is 156 g/mol. The van der Waals surface area contributed by atoms with E-state index in [4.69, 9.17) is 4.74 Å². The van der Waals surface area contributed by atoms with Crippen LogP contribution in [0.1, 0.15) is 32.6 Å². The zero-order chi connectivity index (χ0) is 8.27. The van der Waals surface area contributed by atoms with Gasteiger partial charge in [-0.15, -0.1) is 0 Å². The molecule has 11 heavy (non-hydrogen) atoms. The second-order valence-electron chi connectivity index (χ2n) is 2.76. The number of hydrogen-bond donors (Lipinski definition) is 0. The molecule has 0 radical (unpaired) electrons. The third-order valence-corrected chi connectivity index (χ3v) is 1.56. The number of ketones is 1. The van der Waals surface area contributed by atoms with Gasteiger partial charge in [-0.1, -0.05) is 6.92 Å². The van der Waals surface area contributed by atoms with Crippen molar-refractivity contribution in [3.05, 3.63) is 0 Å². The minimum atomic E-state index is -0.362. The maximum Gasteiger partial charge on any atom is 0.313 e. The predicted octanol–water partition coefficient (Wildman–Crippen LogP) is 1.06. The van der Waals surface area contributed by atoms with Crippen molar-refractivity contribution < 1.29 is 14.3 Å². The summed E-state index contributed by atoms with van der Waals surface area (Å²) in [5.74, 6) is -0.407. The number of hydrogen-bond acceptors (Lipinski definition) is 3. The molecule has 1 rings (SSSR count). The molecule has 3 heteroatoms. The number of esters is 1. The van der Waals surface area contributed by atoms with Crippen molar-refractivity contribution in [2.45, 2.75) is 38.7 Å². The molecule has 0 N–H and O–H groups in total. The average molecular weight is 156 g/mol. The van der Waals surface area contributed by atoms with Crippen molar-refractivity contribution in [1.29, 1.82) is 0 Å². The molecule has 0 unspecified atom stereocenters. The molecule has 0 bridgehead atoms. The predicted molar refractivity (Wildman–Crippen MR) is 39.0 cm³/mol. The minimum Gasteiger partial charge on any atom is -0.462 e. The highest BCUT2D eigenvalue weighted by Gasteiger charge is 2.26. The van der Waals surface area contributed by atoms with E-state index >= 15 is 0 Å². The Kier molecular flexibility index (Phi) is 2.63. The molecule has 1 aliphatic carbocycles. The topological polar surface area (TPSA) is 43.4 Å². The van der Waals surface area contributed by atoms with Gasteiger partial charge in [0.25, 0.3) is 0 Å². The molecule has 3 nitrogen and oxygen atoms in total. The van der Waals surface area contributed by atoms with Gasteiger partial charge in [0.1, 0.15) is 18.3 Å². The Balaban J connectivity index is 2.13. The summed E-state index contributed by atoms with van der Waals surface area (Å²) in [6.45, 7) is 1.74. The van der Waals surface area contributed by atoms with Crippen LogP contribution in [0.15, 0.2) is 0 Å². The summed E-state index contributed by atoms with van der Waals surface area (Å²) in [5, 5.41) is 0. The van der Waals surface area contributed by atoms with Crippen molar-refractivity contribution in [1.82, 2.24) is 0 Å². The molecule has 62 valence electrons. The second-order valence-corrected chi connectivity index (χ2v) is 2.76. The van der Waals surface area contributed by atoms with Crippen LogP contribution < -0.4 is 0 Å². The number of Topliss-reactive ketones (excluding diaryl/α,β-unsaturated/α-hetero) is 1. The van der Waals surface area contributed by atoms with Gasteiger partial charge in [0.05, 0.1) is 0 Å². The summed E-state index contributed by atoms with van der Waals surface area (Å²) < 4.78 is 4.87. The third kappa shape index (κ3) is 3.16. The van der Waals surface area contributed by atoms with Crippen LogP contribution in [-0.4, -0.2) is 17.9 Å². The van der Waals surface area contributed by atoms with E-state index in [1.807, 2.05) is 0 Å². The van der Waals surface area contributed by atoms with E-state index in [1.54, 1.807) is 6.92 Å². The second kappa shape index (κ2) is 3.51. The average Bonchev–Trinajstić information content (AvgIpc) is 2.71. The van der Waals surface area contributed by atoms with Crippen LogP contribution in [0.4, 0.5) is 0 Å². The summed E-state index contributed by atoms with van der Waals surface area (Å²) >= 11 is 0. The van der Waals surface area contributed by atoms with Gasteiger partial charge in [-0.2, -0.15) is 0 Å². The molecule has 0 aliphatic heterocycles. The zero-order valence-corrected chi connectivity index (χ0v) is 6.63. The Morgan fingerprint density at radius 1 is 1.45 bits per heavy atom. The van der Waals surface area contributed by atoms with Gasteiger partial charge >= 0.3 is 5.97 Å². The van der Waals surface area contributed by atoms with E-state index in [1.165, 1.54) is 0 Å². The molecule has 0 atom stereocenters. The molecule has 0 aromatic carbocycles. The zero-order valence-electron chi connectivity index (χ0n) is 6.63. The van der Waals surface area contributed by atoms with Gasteiger partial charge in [0, 0.05) is 6.42 Å². The Hall–Kier alpha value is -0.860. The Labute approximate surface area is 65.7 Å². The number of carbonyl (C=O) groups is 2. The maximum absolute atomic E-state index is 10.8. The smallest absolute Gasteiger partial charge is 0.313 e. The number of carbonyl (C=O) groups excluding carboxylic acids is 2. The maximum atomic E-state index is 10.8. The van der Waals surface area contributed by atoms with Crippen molar-refractivity contribution in [2.75, 3.05) is 0 Å². The van der Waals surface area contributed by atoms with Crippen LogP contribution in [-0.2, 0) is 14.3 Å². The van der Waals surface area contributed by atoms with Crippen molar-refractivity contribution >= 4 is 11.8 Å². The molecule has 1 fully saturated rings. The van der Waals surface area contributed by atoms with E-state index in [0.29, 0.717) is 6.42 Å². The molecule has 0 aromatic rings. The quantitative estimate of drug-likeness (QED) is 0.451. The largest absolute Gasteiger partial charge is 0.462 e. The number of ether oxygens (including phenoxy) is 1. The van der Waals surface area contributed by atoms with E-state index in [9.17, 15) is 9.59 Å². The van der Waals surface area contributed by atoms with Gasteiger partial charge in [-0.25, -0.2) is 0 Å². The lowest BCUT2D eigenvalue weighted by atomic mass is 10.2. The fourth-order valence-corrected chi connectivity index (χ4v) is 0.699. The molecule has 0 heterocycles. The third-order valence-electron chi connectivity index (χ3n) is 1.56. The van der Waals surface area contributed by atoms with Crippen LogP contribution in [0.25, 0.3) is 0 Å². The molecular formula is C8H12O3. The van der Waals surface area contributed by atoms with Gasteiger partial charge in [-0.05, 0) is 12.8 Å². The van der Waals surface area contributed by atoms with Crippen LogP contribution in [0, 0.1) is 0 Å². The Morgan fingerprint density at radius 3 is 2.55 bits per heavy atom. The minimum absolute atomic E-state index is 0.0457. The van der Waals surface area contributed by atoms with E-state index in [2.05, 4.69) is 0 Å². The molecular weight excluding hydrogens is 144 g/mol. The molecule has 1 aliphatic rings. The first-order valence-electron chi connectivity index (χ1n) is 3.93. The summed E-state index contributed by atoms with van der Waals surface area (Å²) in [7, 11) is 0. The van der Waals surface area contributed by atoms with Crippen LogP contribution in [0.3, 0.4) is 0 Å². The fourth-order valence-electron chi connectivity index (χ4n) is 0.699. The lowest BCUT2D eigenvalue weighted by molar-refractivity contribution is -0.147. The highest BCUT2D eigenvalue weighted by atomic mass is 16.5. The standard InChI is InChI=1S/C8H12O3/c1-2-6(9)5-8(10)11-7-3-4-7/h7H,2-5H2,1H3. The first-order chi connectivity index (χ1) is 5.22. The van der Waals surface area contributed by atoms with E-state index in [0.717, 1.165) is 12.8 Å². The highest BCUT2D eigenvalue weighted by Crippen LogP contribution is 2.23. The lowest BCUT2D eigenvalue weighted by Gasteiger charge is -1.99. The van der Waals surface area contributed by atoms with Crippen LogP contribution >= 0.6 is 0 Å². The van der Waals surface area contributed by atoms with Crippen LogP contribution in [0.5, 0.6) is 0 Å². The Bertz CT molecular complexity index is 170. The van der Waals surface area contributed by atoms with Crippen molar-refractivity contribution in [3.8, 4) is 0 Å². The Morgan fingerprint density at radius 2 is 2.09 bits per heavy atom. The normalized spacial score (nSPS) is 16.1. The summed E-state index contributed by atoms with van der Waals surface area (Å²) in [6, 6.07) is 0. The fraction of sp³-hybridized carbons (Fsp3) is 0.750. The SMILES string of the molecule is CCC(=O)CC(=O)OC1CC1. The summed E-state index contributed by atoms with van der Waals surface area (Å²) in [5.41, 5.74) is 0. The molecule has 1 saturated carbocycles. The highest BCUT2D eigenvalue weighted by molar-refractivity contribution is 5.95. The van der Waals surface area contributed by atoms with E-state index in [-0.39, 0.29) is 24.3 Å². The molecule has 0 aromatic heterocycles. The first kappa shape index (κ1) is 8.24. The van der Waals surface area contributed by atoms with Crippen molar-refractivity contribution in [3.63, 3.8) is 0 Å². The summed E-state index contributed by atoms with van der Waals surface area (Å²) in [4.78, 5) is 21.5. The molecule has 0 amide bonds. The van der Waals surface area contributed by atoms with Crippen molar-refractivity contribution in [2.24, 2.45) is 0 Å². The number of rotatable bonds is 4. The van der Waals surface area contributed by atoms with Gasteiger partial charge < -0.3 is 4.74 Å².